The van der Waals surface area contributed by atoms with Gasteiger partial charge in [0.1, 0.15) is 11.5 Å². The van der Waals surface area contributed by atoms with E-state index in [1.165, 1.54) is 0 Å². The highest BCUT2D eigenvalue weighted by molar-refractivity contribution is 6.31. The highest BCUT2D eigenvalue weighted by atomic mass is 35.5. The van der Waals surface area contributed by atoms with Gasteiger partial charge in [-0.05, 0) is 43.3 Å². The topological polar surface area (TPSA) is 43.4 Å². The van der Waals surface area contributed by atoms with Crippen molar-refractivity contribution in [2.75, 3.05) is 13.2 Å². The molecule has 0 saturated carbocycles. The number of hydrogen-bond donors (Lipinski definition) is 1. The highest BCUT2D eigenvalue weighted by Crippen LogP contribution is 2.25. The molecule has 0 aliphatic rings. The summed E-state index contributed by atoms with van der Waals surface area (Å²) >= 11 is 6.12. The molecule has 0 saturated heterocycles. The molecule has 0 unspecified atom stereocenters. The van der Waals surface area contributed by atoms with Crippen LogP contribution in [-0.2, 0) is 6.54 Å². The Kier molecular flexibility index (Phi) is 5.84. The Morgan fingerprint density at radius 3 is 2.52 bits per heavy atom. The van der Waals surface area contributed by atoms with Gasteiger partial charge in [-0.1, -0.05) is 18.5 Å². The number of rotatable bonds is 7. The van der Waals surface area contributed by atoms with Crippen LogP contribution in [0.5, 0.6) is 17.4 Å². The molecule has 0 spiro atoms. The summed E-state index contributed by atoms with van der Waals surface area (Å²) in [7, 11) is 0. The zero-order valence-electron chi connectivity index (χ0n) is 12.2. The van der Waals surface area contributed by atoms with E-state index in [0.29, 0.717) is 29.8 Å². The first-order valence-electron chi connectivity index (χ1n) is 6.98. The molecule has 0 amide bonds. The predicted molar refractivity (Wildman–Crippen MR) is 84.3 cm³/mol. The maximum absolute atomic E-state index is 6.12. The van der Waals surface area contributed by atoms with Crippen molar-refractivity contribution in [1.82, 2.24) is 10.3 Å². The van der Waals surface area contributed by atoms with Gasteiger partial charge in [-0.2, -0.15) is 0 Å². The second-order valence-corrected chi connectivity index (χ2v) is 4.81. The van der Waals surface area contributed by atoms with Crippen molar-refractivity contribution >= 4 is 11.6 Å². The summed E-state index contributed by atoms with van der Waals surface area (Å²) in [5.41, 5.74) is 0.967. The fourth-order valence-electron chi connectivity index (χ4n) is 1.80. The van der Waals surface area contributed by atoms with Crippen LogP contribution in [0.15, 0.2) is 36.5 Å². The minimum Gasteiger partial charge on any atom is -0.494 e. The monoisotopic (exact) mass is 306 g/mol. The van der Waals surface area contributed by atoms with Crippen LogP contribution in [0.1, 0.15) is 19.4 Å². The van der Waals surface area contributed by atoms with E-state index in [9.17, 15) is 0 Å². The van der Waals surface area contributed by atoms with Crippen LogP contribution in [0, 0.1) is 0 Å². The Bertz CT molecular complexity index is 573. The minimum atomic E-state index is 0.525. The number of nitrogens with zero attached hydrogens (tertiary/aromatic N) is 1. The first-order valence-corrected chi connectivity index (χ1v) is 7.36. The molecule has 0 radical (unpaired) electrons. The third-order valence-corrected chi connectivity index (χ3v) is 3.17. The van der Waals surface area contributed by atoms with E-state index in [1.807, 2.05) is 44.2 Å². The Labute approximate surface area is 130 Å². The zero-order valence-corrected chi connectivity index (χ0v) is 13.0. The van der Waals surface area contributed by atoms with Crippen molar-refractivity contribution in [3.05, 3.63) is 47.1 Å². The molecule has 21 heavy (non-hydrogen) atoms. The van der Waals surface area contributed by atoms with E-state index in [0.717, 1.165) is 17.9 Å². The van der Waals surface area contributed by atoms with Gasteiger partial charge < -0.3 is 14.8 Å². The van der Waals surface area contributed by atoms with Crippen molar-refractivity contribution in [3.63, 3.8) is 0 Å². The molecule has 0 atom stereocenters. The van der Waals surface area contributed by atoms with Gasteiger partial charge in [0.2, 0.25) is 5.88 Å². The summed E-state index contributed by atoms with van der Waals surface area (Å²) in [4.78, 5) is 4.19. The normalized spacial score (nSPS) is 10.4. The molecule has 1 aromatic heterocycles. The lowest BCUT2D eigenvalue weighted by atomic mass is 10.2. The van der Waals surface area contributed by atoms with E-state index in [1.54, 1.807) is 6.20 Å². The summed E-state index contributed by atoms with van der Waals surface area (Å²) in [5, 5.41) is 3.87. The van der Waals surface area contributed by atoms with Crippen LogP contribution in [0.4, 0.5) is 0 Å². The summed E-state index contributed by atoms with van der Waals surface area (Å²) in [6.07, 6.45) is 1.61. The lowest BCUT2D eigenvalue weighted by Crippen LogP contribution is -2.12. The lowest BCUT2D eigenvalue weighted by molar-refractivity contribution is 0.339. The Morgan fingerprint density at radius 2 is 1.86 bits per heavy atom. The highest BCUT2D eigenvalue weighted by Gasteiger charge is 2.05. The number of nitrogens with one attached hydrogen (secondary N) is 1. The van der Waals surface area contributed by atoms with Crippen molar-refractivity contribution in [1.29, 1.82) is 0 Å². The molecular formula is C16H19ClN2O2. The molecule has 1 aromatic carbocycles. The third kappa shape index (κ3) is 4.62. The van der Waals surface area contributed by atoms with Gasteiger partial charge in [-0.3, -0.25) is 0 Å². The molecule has 0 aliphatic carbocycles. The van der Waals surface area contributed by atoms with E-state index in [-0.39, 0.29) is 0 Å². The Balaban J connectivity index is 2.08. The van der Waals surface area contributed by atoms with Gasteiger partial charge in [0.15, 0.2) is 0 Å². The molecule has 4 nitrogen and oxygen atoms in total. The zero-order chi connectivity index (χ0) is 15.1. The number of halogens is 1. The molecule has 0 fully saturated rings. The Hall–Kier alpha value is -1.78. The summed E-state index contributed by atoms with van der Waals surface area (Å²) in [6, 6.07) is 9.29. The van der Waals surface area contributed by atoms with Gasteiger partial charge in [0, 0.05) is 18.8 Å². The standard InChI is InChI=1S/C16H19ClN2O2/c1-3-18-10-12-9-16(19-11-15(12)17)21-14-7-5-13(6-8-14)20-4-2/h5-9,11,18H,3-4,10H2,1-2H3. The van der Waals surface area contributed by atoms with E-state index < -0.39 is 0 Å². The van der Waals surface area contributed by atoms with Crippen LogP contribution in [0.3, 0.4) is 0 Å². The summed E-state index contributed by atoms with van der Waals surface area (Å²) in [5.74, 6) is 2.06. The number of hydrogen-bond acceptors (Lipinski definition) is 4. The number of aromatic nitrogens is 1. The van der Waals surface area contributed by atoms with Crippen LogP contribution in [-0.4, -0.2) is 18.1 Å². The quantitative estimate of drug-likeness (QED) is 0.838. The molecule has 1 N–H and O–H groups in total. The van der Waals surface area contributed by atoms with Crippen molar-refractivity contribution in [3.8, 4) is 17.4 Å². The van der Waals surface area contributed by atoms with Crippen LogP contribution in [0.25, 0.3) is 0 Å². The second-order valence-electron chi connectivity index (χ2n) is 4.40. The third-order valence-electron chi connectivity index (χ3n) is 2.83. The van der Waals surface area contributed by atoms with Gasteiger partial charge >= 0.3 is 0 Å². The van der Waals surface area contributed by atoms with E-state index in [4.69, 9.17) is 21.1 Å². The molecule has 5 heteroatoms. The molecular weight excluding hydrogens is 288 g/mol. The Morgan fingerprint density at radius 1 is 1.14 bits per heavy atom. The van der Waals surface area contributed by atoms with Gasteiger partial charge in [-0.15, -0.1) is 0 Å². The minimum absolute atomic E-state index is 0.525. The number of pyridine rings is 1. The maximum atomic E-state index is 6.12. The first-order chi connectivity index (χ1) is 10.2. The number of benzene rings is 1. The molecule has 112 valence electrons. The predicted octanol–water partition coefficient (Wildman–Crippen LogP) is 4.04. The van der Waals surface area contributed by atoms with Gasteiger partial charge in [0.05, 0.1) is 11.6 Å². The fourth-order valence-corrected chi connectivity index (χ4v) is 1.97. The maximum Gasteiger partial charge on any atom is 0.219 e. The van der Waals surface area contributed by atoms with Crippen LogP contribution >= 0.6 is 11.6 Å². The largest absolute Gasteiger partial charge is 0.494 e. The smallest absolute Gasteiger partial charge is 0.219 e. The number of ether oxygens (including phenoxy) is 2. The second kappa shape index (κ2) is 7.86. The lowest BCUT2D eigenvalue weighted by Gasteiger charge is -2.09. The molecule has 2 aromatic rings. The van der Waals surface area contributed by atoms with Crippen LogP contribution in [0.2, 0.25) is 5.02 Å². The fraction of sp³-hybridized carbons (Fsp3) is 0.312. The van der Waals surface area contributed by atoms with Crippen LogP contribution < -0.4 is 14.8 Å². The van der Waals surface area contributed by atoms with Gasteiger partial charge in [-0.25, -0.2) is 4.98 Å². The first kappa shape index (κ1) is 15.6. The average molecular weight is 307 g/mol. The summed E-state index contributed by atoms with van der Waals surface area (Å²) < 4.78 is 11.1. The van der Waals surface area contributed by atoms with Crippen molar-refractivity contribution < 1.29 is 9.47 Å². The van der Waals surface area contributed by atoms with E-state index >= 15 is 0 Å². The SMILES string of the molecule is CCNCc1cc(Oc2ccc(OCC)cc2)ncc1Cl. The molecule has 0 aliphatic heterocycles. The molecule has 2 rings (SSSR count). The van der Waals surface area contributed by atoms with Gasteiger partial charge in [0.25, 0.3) is 0 Å². The van der Waals surface area contributed by atoms with Crippen molar-refractivity contribution in [2.24, 2.45) is 0 Å². The van der Waals surface area contributed by atoms with Crippen molar-refractivity contribution in [2.45, 2.75) is 20.4 Å². The average Bonchev–Trinajstić information content (AvgIpc) is 2.50. The molecule has 0 bridgehead atoms. The summed E-state index contributed by atoms with van der Waals surface area (Å²) in [6.45, 7) is 6.22. The molecule has 1 heterocycles. The van der Waals surface area contributed by atoms with E-state index in [2.05, 4.69) is 10.3 Å².